The number of rotatable bonds is 1. The van der Waals surface area contributed by atoms with Crippen molar-refractivity contribution in [2.45, 2.75) is 31.3 Å². The van der Waals surface area contributed by atoms with Gasteiger partial charge >= 0.3 is 0 Å². The zero-order valence-corrected chi connectivity index (χ0v) is 8.21. The summed E-state index contributed by atoms with van der Waals surface area (Å²) >= 11 is 0. The summed E-state index contributed by atoms with van der Waals surface area (Å²) in [4.78, 5) is 13.4. The lowest BCUT2D eigenvalue weighted by atomic mass is 10.0. The Bertz CT molecular complexity index is 258. The molecule has 0 radical (unpaired) electrons. The Morgan fingerprint density at radius 3 is 3.00 bits per heavy atom. The number of hydrogen-bond donors (Lipinski definition) is 1. The lowest BCUT2D eigenvalue weighted by molar-refractivity contribution is -0.125. The Labute approximate surface area is 78.8 Å². The molecule has 2 heterocycles. The van der Waals surface area contributed by atoms with Crippen molar-refractivity contribution in [2.24, 2.45) is 0 Å². The molecule has 0 aromatic rings. The molecule has 2 bridgehead atoms. The molecule has 1 saturated heterocycles. The number of fused-ring (bicyclic) bond motifs is 2. The van der Waals surface area contributed by atoms with E-state index >= 15 is 0 Å². The van der Waals surface area contributed by atoms with Gasteiger partial charge in [0.1, 0.15) is 0 Å². The largest absolute Gasteiger partial charge is 0.345 e. The highest BCUT2D eigenvalue weighted by molar-refractivity contribution is 5.94. The van der Waals surface area contributed by atoms with Gasteiger partial charge in [-0.2, -0.15) is 0 Å². The maximum Gasteiger partial charge on any atom is 0.250 e. The fraction of sp³-hybridized carbons (Fsp3) is 0.700. The third-order valence-corrected chi connectivity index (χ3v) is 2.89. The van der Waals surface area contributed by atoms with Gasteiger partial charge < -0.3 is 10.2 Å². The lowest BCUT2D eigenvalue weighted by Gasteiger charge is -2.23. The van der Waals surface area contributed by atoms with E-state index in [0.29, 0.717) is 12.1 Å². The van der Waals surface area contributed by atoms with Gasteiger partial charge in [0.25, 0.3) is 5.91 Å². The van der Waals surface area contributed by atoms with Crippen molar-refractivity contribution in [3.63, 3.8) is 0 Å². The molecule has 13 heavy (non-hydrogen) atoms. The van der Waals surface area contributed by atoms with Crippen LogP contribution >= 0.6 is 0 Å². The first-order chi connectivity index (χ1) is 6.18. The standard InChI is InChI=1S/C10H16N2O/c1-12(2)10(13)8-5-3-7-4-6-9(8)11-7/h5,7,9,11H,3-4,6H2,1-2H3/t7-,9-/m1/s1. The highest BCUT2D eigenvalue weighted by atomic mass is 16.2. The van der Waals surface area contributed by atoms with Crippen LogP contribution in [0.4, 0.5) is 0 Å². The van der Waals surface area contributed by atoms with Gasteiger partial charge in [-0.3, -0.25) is 4.79 Å². The van der Waals surface area contributed by atoms with Gasteiger partial charge in [0.15, 0.2) is 0 Å². The van der Waals surface area contributed by atoms with Gasteiger partial charge in [-0.1, -0.05) is 6.08 Å². The third kappa shape index (κ3) is 1.48. The van der Waals surface area contributed by atoms with Crippen LogP contribution < -0.4 is 5.32 Å². The van der Waals surface area contributed by atoms with Gasteiger partial charge in [0.05, 0.1) is 0 Å². The average molecular weight is 180 g/mol. The van der Waals surface area contributed by atoms with Gasteiger partial charge in [0.2, 0.25) is 0 Å². The van der Waals surface area contributed by atoms with E-state index in [1.54, 1.807) is 4.90 Å². The maximum atomic E-state index is 11.7. The summed E-state index contributed by atoms with van der Waals surface area (Å²) < 4.78 is 0. The van der Waals surface area contributed by atoms with Crippen LogP contribution in [0, 0.1) is 0 Å². The molecule has 0 saturated carbocycles. The molecule has 0 aliphatic carbocycles. The van der Waals surface area contributed by atoms with Gasteiger partial charge in [-0.15, -0.1) is 0 Å². The van der Waals surface area contributed by atoms with Crippen molar-refractivity contribution < 1.29 is 4.79 Å². The lowest BCUT2D eigenvalue weighted by Crippen LogP contribution is -2.39. The van der Waals surface area contributed by atoms with Crippen LogP contribution in [0.2, 0.25) is 0 Å². The molecule has 0 spiro atoms. The van der Waals surface area contributed by atoms with Crippen molar-refractivity contribution in [1.29, 1.82) is 0 Å². The van der Waals surface area contributed by atoms with Crippen molar-refractivity contribution >= 4 is 5.91 Å². The fourth-order valence-electron chi connectivity index (χ4n) is 2.16. The summed E-state index contributed by atoms with van der Waals surface area (Å²) in [6.07, 6.45) is 5.47. The molecule has 1 amide bonds. The molecule has 2 aliphatic rings. The summed E-state index contributed by atoms with van der Waals surface area (Å²) in [5.41, 5.74) is 0.971. The zero-order chi connectivity index (χ0) is 9.42. The second-order valence-electron chi connectivity index (χ2n) is 4.09. The second kappa shape index (κ2) is 3.14. The quantitative estimate of drug-likeness (QED) is 0.638. The van der Waals surface area contributed by atoms with E-state index in [2.05, 4.69) is 11.4 Å². The summed E-state index contributed by atoms with van der Waals surface area (Å²) in [5, 5.41) is 3.46. The number of nitrogens with zero attached hydrogens (tertiary/aromatic N) is 1. The number of likely N-dealkylation sites (N-methyl/N-ethyl adjacent to an activating group) is 1. The van der Waals surface area contributed by atoms with E-state index in [1.807, 2.05) is 14.1 Å². The Kier molecular flexibility index (Phi) is 2.12. The Morgan fingerprint density at radius 1 is 1.54 bits per heavy atom. The Hall–Kier alpha value is -0.830. The van der Waals surface area contributed by atoms with Gasteiger partial charge in [-0.05, 0) is 19.3 Å². The predicted octanol–water partition coefficient (Wildman–Crippen LogP) is 0.525. The van der Waals surface area contributed by atoms with Crippen LogP contribution in [0.15, 0.2) is 11.6 Å². The number of hydrogen-bond acceptors (Lipinski definition) is 2. The van der Waals surface area contributed by atoms with E-state index in [4.69, 9.17) is 0 Å². The molecule has 0 unspecified atom stereocenters. The normalized spacial score (nSPS) is 31.4. The van der Waals surface area contributed by atoms with Gasteiger partial charge in [-0.25, -0.2) is 0 Å². The topological polar surface area (TPSA) is 32.3 Å². The van der Waals surface area contributed by atoms with Crippen molar-refractivity contribution in [1.82, 2.24) is 10.2 Å². The summed E-state index contributed by atoms with van der Waals surface area (Å²) in [7, 11) is 3.62. The van der Waals surface area contributed by atoms with E-state index in [0.717, 1.165) is 18.4 Å². The molecule has 0 aromatic heterocycles. The zero-order valence-electron chi connectivity index (χ0n) is 8.21. The van der Waals surface area contributed by atoms with Crippen LogP contribution in [0.25, 0.3) is 0 Å². The van der Waals surface area contributed by atoms with Gasteiger partial charge in [0, 0.05) is 31.8 Å². The minimum Gasteiger partial charge on any atom is -0.345 e. The first kappa shape index (κ1) is 8.75. The van der Waals surface area contributed by atoms with Crippen LogP contribution in [0.5, 0.6) is 0 Å². The first-order valence-electron chi connectivity index (χ1n) is 4.86. The van der Waals surface area contributed by atoms with Crippen LogP contribution in [-0.2, 0) is 4.79 Å². The maximum absolute atomic E-state index is 11.7. The number of nitrogens with one attached hydrogen (secondary N) is 1. The number of amides is 1. The van der Waals surface area contributed by atoms with E-state index in [9.17, 15) is 4.79 Å². The SMILES string of the molecule is CN(C)C(=O)C1=CC[C@@H]2CC[C@H]1N2. The predicted molar refractivity (Wildman–Crippen MR) is 51.3 cm³/mol. The molecule has 72 valence electrons. The molecule has 3 nitrogen and oxygen atoms in total. The minimum absolute atomic E-state index is 0.165. The number of carbonyl (C=O) groups excluding carboxylic acids is 1. The van der Waals surface area contributed by atoms with Crippen molar-refractivity contribution in [3.05, 3.63) is 11.6 Å². The molecular weight excluding hydrogens is 164 g/mol. The van der Waals surface area contributed by atoms with E-state index in [1.165, 1.54) is 6.42 Å². The van der Waals surface area contributed by atoms with Crippen molar-refractivity contribution in [2.75, 3.05) is 14.1 Å². The molecule has 1 fully saturated rings. The summed E-state index contributed by atoms with van der Waals surface area (Å²) in [5.74, 6) is 0.165. The Morgan fingerprint density at radius 2 is 2.31 bits per heavy atom. The average Bonchev–Trinajstić information content (AvgIpc) is 2.47. The molecule has 0 aromatic carbocycles. The van der Waals surface area contributed by atoms with E-state index in [-0.39, 0.29) is 5.91 Å². The smallest absolute Gasteiger partial charge is 0.250 e. The molecule has 2 atom stereocenters. The molecule has 2 rings (SSSR count). The molecule has 2 aliphatic heterocycles. The van der Waals surface area contributed by atoms with Crippen LogP contribution in [-0.4, -0.2) is 37.0 Å². The molecule has 3 heteroatoms. The molecular formula is C10H16N2O. The van der Waals surface area contributed by atoms with Crippen LogP contribution in [0.3, 0.4) is 0 Å². The minimum atomic E-state index is 0.165. The number of carbonyl (C=O) groups is 1. The molecule has 1 N–H and O–H groups in total. The Balaban J connectivity index is 2.15. The first-order valence-corrected chi connectivity index (χ1v) is 4.86. The fourth-order valence-corrected chi connectivity index (χ4v) is 2.16. The second-order valence-corrected chi connectivity index (χ2v) is 4.09. The monoisotopic (exact) mass is 180 g/mol. The van der Waals surface area contributed by atoms with E-state index < -0.39 is 0 Å². The third-order valence-electron chi connectivity index (χ3n) is 2.89. The highest BCUT2D eigenvalue weighted by Gasteiger charge is 2.33. The van der Waals surface area contributed by atoms with Crippen LogP contribution in [0.1, 0.15) is 19.3 Å². The van der Waals surface area contributed by atoms with Crippen molar-refractivity contribution in [3.8, 4) is 0 Å². The summed E-state index contributed by atoms with van der Waals surface area (Å²) in [6.45, 7) is 0. The summed E-state index contributed by atoms with van der Waals surface area (Å²) in [6, 6.07) is 0.956. The highest BCUT2D eigenvalue weighted by Crippen LogP contribution is 2.27.